The van der Waals surface area contributed by atoms with Crippen LogP contribution in [0.4, 0.5) is 0 Å². The number of hydrogen-bond acceptors (Lipinski definition) is 3. The highest BCUT2D eigenvalue weighted by atomic mass is 16.5. The number of nitrogens with two attached hydrogens (primary N) is 1. The van der Waals surface area contributed by atoms with Crippen LogP contribution in [0.3, 0.4) is 0 Å². The van der Waals surface area contributed by atoms with Crippen LogP contribution in [0.1, 0.15) is 12.0 Å². The predicted octanol–water partition coefficient (Wildman–Crippen LogP) is 1.68. The molecule has 0 saturated heterocycles. The zero-order valence-corrected chi connectivity index (χ0v) is 9.71. The Morgan fingerprint density at radius 2 is 2.06 bits per heavy atom. The van der Waals surface area contributed by atoms with E-state index in [1.807, 2.05) is 42.5 Å². The van der Waals surface area contributed by atoms with Gasteiger partial charge in [-0.1, -0.05) is 42.5 Å². The topological polar surface area (TPSA) is 52.3 Å². The molecule has 0 bridgehead atoms. The molecule has 0 spiro atoms. The van der Waals surface area contributed by atoms with Gasteiger partial charge in [0.05, 0.1) is 12.5 Å². The summed E-state index contributed by atoms with van der Waals surface area (Å²) in [7, 11) is 0. The zero-order chi connectivity index (χ0) is 12.1. The highest BCUT2D eigenvalue weighted by Gasteiger charge is 2.23. The van der Waals surface area contributed by atoms with E-state index in [9.17, 15) is 4.79 Å². The van der Waals surface area contributed by atoms with E-state index >= 15 is 0 Å². The minimum atomic E-state index is -0.162. The number of benzene rings is 1. The molecular formula is C14H17NO2. The molecule has 90 valence electrons. The molecular weight excluding hydrogens is 214 g/mol. The lowest BCUT2D eigenvalue weighted by Gasteiger charge is -2.09. The number of hydrogen-bond donors (Lipinski definition) is 1. The molecule has 0 amide bonds. The molecule has 1 aliphatic carbocycles. The average Bonchev–Trinajstić information content (AvgIpc) is 2.77. The lowest BCUT2D eigenvalue weighted by Crippen LogP contribution is -2.21. The maximum absolute atomic E-state index is 11.7. The molecule has 3 heteroatoms. The largest absolute Gasteiger partial charge is 0.465 e. The molecule has 0 saturated carbocycles. The van der Waals surface area contributed by atoms with E-state index < -0.39 is 0 Å². The first-order chi connectivity index (χ1) is 8.25. The van der Waals surface area contributed by atoms with Gasteiger partial charge in [0.1, 0.15) is 0 Å². The van der Waals surface area contributed by atoms with E-state index in [4.69, 9.17) is 10.5 Å². The highest BCUT2D eigenvalue weighted by Crippen LogP contribution is 2.17. The fourth-order valence-electron chi connectivity index (χ4n) is 1.92. The molecule has 0 aliphatic heterocycles. The van der Waals surface area contributed by atoms with Crippen LogP contribution in [0.5, 0.6) is 0 Å². The summed E-state index contributed by atoms with van der Waals surface area (Å²) in [4.78, 5) is 11.7. The third-order valence-electron chi connectivity index (χ3n) is 2.90. The van der Waals surface area contributed by atoms with Gasteiger partial charge < -0.3 is 10.5 Å². The first-order valence-corrected chi connectivity index (χ1v) is 5.90. The van der Waals surface area contributed by atoms with E-state index in [-0.39, 0.29) is 17.9 Å². The second-order valence-electron chi connectivity index (χ2n) is 4.29. The molecule has 0 fully saturated rings. The van der Waals surface area contributed by atoms with Gasteiger partial charge in [0.2, 0.25) is 0 Å². The summed E-state index contributed by atoms with van der Waals surface area (Å²) in [5.41, 5.74) is 6.87. The minimum Gasteiger partial charge on any atom is -0.465 e. The first-order valence-electron chi connectivity index (χ1n) is 5.90. The molecule has 17 heavy (non-hydrogen) atoms. The number of carbonyl (C=O) groups excluding carboxylic acids is 1. The average molecular weight is 231 g/mol. The van der Waals surface area contributed by atoms with Crippen molar-refractivity contribution in [3.63, 3.8) is 0 Å². The Balaban J connectivity index is 1.72. The van der Waals surface area contributed by atoms with Crippen LogP contribution < -0.4 is 5.73 Å². The Morgan fingerprint density at radius 3 is 2.71 bits per heavy atom. The normalized spacial score (nSPS) is 22.6. The monoisotopic (exact) mass is 231 g/mol. The SMILES string of the molecule is N[C@H]1C=C[C@@H](C(=O)OCCc2ccccc2)C1. The number of esters is 1. The van der Waals surface area contributed by atoms with Crippen molar-refractivity contribution in [3.8, 4) is 0 Å². The molecule has 0 aromatic heterocycles. The Morgan fingerprint density at radius 1 is 1.29 bits per heavy atom. The van der Waals surface area contributed by atoms with Gasteiger partial charge in [0.15, 0.2) is 0 Å². The van der Waals surface area contributed by atoms with Gasteiger partial charge in [0.25, 0.3) is 0 Å². The molecule has 3 nitrogen and oxygen atoms in total. The Kier molecular flexibility index (Phi) is 3.94. The summed E-state index contributed by atoms with van der Waals surface area (Å²) < 4.78 is 5.23. The van der Waals surface area contributed by atoms with Crippen molar-refractivity contribution in [1.82, 2.24) is 0 Å². The van der Waals surface area contributed by atoms with E-state index in [0.717, 1.165) is 6.42 Å². The lowest BCUT2D eigenvalue weighted by atomic mass is 10.1. The summed E-state index contributed by atoms with van der Waals surface area (Å²) in [6, 6.07) is 9.99. The molecule has 0 unspecified atom stereocenters. The Labute approximate surface area is 101 Å². The van der Waals surface area contributed by atoms with Gasteiger partial charge in [-0.2, -0.15) is 0 Å². The predicted molar refractivity (Wildman–Crippen MR) is 66.3 cm³/mol. The summed E-state index contributed by atoms with van der Waals surface area (Å²) in [5.74, 6) is -0.314. The molecule has 1 aliphatic rings. The second kappa shape index (κ2) is 5.64. The number of carbonyl (C=O) groups is 1. The quantitative estimate of drug-likeness (QED) is 0.633. The van der Waals surface area contributed by atoms with Crippen molar-refractivity contribution in [2.45, 2.75) is 18.9 Å². The van der Waals surface area contributed by atoms with Crippen molar-refractivity contribution in [3.05, 3.63) is 48.0 Å². The summed E-state index contributed by atoms with van der Waals surface area (Å²) in [6.07, 6.45) is 5.14. The molecule has 1 aromatic carbocycles. The maximum atomic E-state index is 11.7. The fraction of sp³-hybridized carbons (Fsp3) is 0.357. The van der Waals surface area contributed by atoms with Crippen LogP contribution in [-0.4, -0.2) is 18.6 Å². The first kappa shape index (κ1) is 11.9. The van der Waals surface area contributed by atoms with Crippen molar-refractivity contribution < 1.29 is 9.53 Å². The molecule has 2 N–H and O–H groups in total. The maximum Gasteiger partial charge on any atom is 0.312 e. The van der Waals surface area contributed by atoms with Crippen LogP contribution >= 0.6 is 0 Å². The zero-order valence-electron chi connectivity index (χ0n) is 9.71. The number of ether oxygens (including phenoxy) is 1. The van der Waals surface area contributed by atoms with Gasteiger partial charge in [-0.25, -0.2) is 0 Å². The molecule has 2 atom stereocenters. The van der Waals surface area contributed by atoms with E-state index in [1.165, 1.54) is 5.56 Å². The van der Waals surface area contributed by atoms with Gasteiger partial charge in [-0.05, 0) is 12.0 Å². The van der Waals surface area contributed by atoms with E-state index in [1.54, 1.807) is 0 Å². The minimum absolute atomic E-state index is 0.00155. The molecule has 0 radical (unpaired) electrons. The van der Waals surface area contributed by atoms with Crippen LogP contribution in [0.15, 0.2) is 42.5 Å². The summed E-state index contributed by atoms with van der Waals surface area (Å²) >= 11 is 0. The van der Waals surface area contributed by atoms with Crippen LogP contribution in [-0.2, 0) is 16.0 Å². The van der Waals surface area contributed by atoms with Crippen LogP contribution in [0.2, 0.25) is 0 Å². The Bertz CT molecular complexity index is 400. The number of rotatable bonds is 4. The van der Waals surface area contributed by atoms with E-state index in [2.05, 4.69) is 0 Å². The Hall–Kier alpha value is -1.61. The van der Waals surface area contributed by atoms with Crippen molar-refractivity contribution in [1.29, 1.82) is 0 Å². The van der Waals surface area contributed by atoms with Crippen molar-refractivity contribution >= 4 is 5.97 Å². The fourth-order valence-corrected chi connectivity index (χ4v) is 1.92. The van der Waals surface area contributed by atoms with Crippen molar-refractivity contribution in [2.75, 3.05) is 6.61 Å². The smallest absolute Gasteiger partial charge is 0.312 e. The van der Waals surface area contributed by atoms with Gasteiger partial charge >= 0.3 is 5.97 Å². The summed E-state index contributed by atoms with van der Waals surface area (Å²) in [5, 5.41) is 0. The van der Waals surface area contributed by atoms with Gasteiger partial charge in [0, 0.05) is 12.5 Å². The third-order valence-corrected chi connectivity index (χ3v) is 2.90. The molecule has 0 heterocycles. The summed E-state index contributed by atoms with van der Waals surface area (Å²) in [6.45, 7) is 0.433. The molecule has 2 rings (SSSR count). The van der Waals surface area contributed by atoms with E-state index in [0.29, 0.717) is 13.0 Å². The second-order valence-corrected chi connectivity index (χ2v) is 4.29. The van der Waals surface area contributed by atoms with Gasteiger partial charge in [-0.3, -0.25) is 4.79 Å². The van der Waals surface area contributed by atoms with Crippen LogP contribution in [0, 0.1) is 5.92 Å². The third kappa shape index (κ3) is 3.43. The lowest BCUT2D eigenvalue weighted by molar-refractivity contribution is -0.146. The van der Waals surface area contributed by atoms with Gasteiger partial charge in [-0.15, -0.1) is 0 Å². The standard InChI is InChI=1S/C14H17NO2/c15-13-7-6-12(10-13)14(16)17-9-8-11-4-2-1-3-5-11/h1-7,12-13H,8-10,15H2/t12-,13+/m1/s1. The molecule has 1 aromatic rings. The van der Waals surface area contributed by atoms with Crippen LogP contribution in [0.25, 0.3) is 0 Å². The van der Waals surface area contributed by atoms with Crippen molar-refractivity contribution in [2.24, 2.45) is 11.7 Å². The highest BCUT2D eigenvalue weighted by molar-refractivity contribution is 5.75.